The molecule has 0 heterocycles. The summed E-state index contributed by atoms with van der Waals surface area (Å²) in [5.41, 5.74) is -0.157. The number of hydrogen-bond acceptors (Lipinski definition) is 1. The van der Waals surface area contributed by atoms with Crippen molar-refractivity contribution >= 4 is 5.91 Å². The summed E-state index contributed by atoms with van der Waals surface area (Å²) in [4.78, 5) is 12.0. The maximum absolute atomic E-state index is 12.0. The predicted octanol–water partition coefficient (Wildman–Crippen LogP) is 1.97. The largest absolute Gasteiger partial charge is 0.356 e. The highest BCUT2D eigenvalue weighted by Gasteiger charge is 2.54. The Kier molecular flexibility index (Phi) is 2.17. The molecule has 0 aromatic heterocycles. The molecule has 0 aromatic carbocycles. The van der Waals surface area contributed by atoms with Crippen LogP contribution in [0.2, 0.25) is 0 Å². The second-order valence-corrected chi connectivity index (χ2v) is 4.82. The van der Waals surface area contributed by atoms with Gasteiger partial charge in [-0.05, 0) is 38.0 Å². The minimum atomic E-state index is -0.157. The molecule has 1 amide bonds. The molecule has 2 heteroatoms. The highest BCUT2D eigenvalue weighted by molar-refractivity contribution is 5.84. The molecule has 1 N–H and O–H groups in total. The first kappa shape index (κ1) is 9.75. The monoisotopic (exact) mass is 193 g/mol. The maximum atomic E-state index is 12.0. The van der Waals surface area contributed by atoms with Gasteiger partial charge in [-0.3, -0.25) is 4.79 Å². The van der Waals surface area contributed by atoms with Gasteiger partial charge in [0, 0.05) is 6.54 Å². The molecule has 4 unspecified atom stereocenters. The van der Waals surface area contributed by atoms with Crippen molar-refractivity contribution in [3.63, 3.8) is 0 Å². The van der Waals surface area contributed by atoms with Gasteiger partial charge in [0.1, 0.15) is 0 Å². The fourth-order valence-corrected chi connectivity index (χ4v) is 3.05. The Balaban J connectivity index is 2.23. The number of hydrogen-bond donors (Lipinski definition) is 1. The number of carbonyl (C=O) groups excluding carboxylic acids is 1. The quantitative estimate of drug-likeness (QED) is 0.667. The molecule has 2 bridgehead atoms. The van der Waals surface area contributed by atoms with Crippen LogP contribution >= 0.6 is 0 Å². The fourth-order valence-electron chi connectivity index (χ4n) is 3.05. The summed E-state index contributed by atoms with van der Waals surface area (Å²) in [6.07, 6.45) is 5.70. The summed E-state index contributed by atoms with van der Waals surface area (Å²) in [5, 5.41) is 2.97. The summed E-state index contributed by atoms with van der Waals surface area (Å²) in [6.45, 7) is 7.05. The number of carbonyl (C=O) groups is 1. The van der Waals surface area contributed by atoms with Gasteiger partial charge in [-0.15, -0.1) is 0 Å². The van der Waals surface area contributed by atoms with Crippen LogP contribution in [0, 0.1) is 23.2 Å². The summed E-state index contributed by atoms with van der Waals surface area (Å²) < 4.78 is 0. The van der Waals surface area contributed by atoms with Crippen molar-refractivity contribution in [2.45, 2.75) is 27.2 Å². The molecule has 78 valence electrons. The first-order valence-electron chi connectivity index (χ1n) is 5.57. The lowest BCUT2D eigenvalue weighted by Gasteiger charge is -2.35. The van der Waals surface area contributed by atoms with Gasteiger partial charge < -0.3 is 5.32 Å². The predicted molar refractivity (Wildman–Crippen MR) is 56.7 cm³/mol. The number of amides is 1. The third kappa shape index (κ3) is 1.06. The van der Waals surface area contributed by atoms with Gasteiger partial charge in [0.05, 0.1) is 5.41 Å². The molecule has 4 atom stereocenters. The van der Waals surface area contributed by atoms with E-state index in [0.717, 1.165) is 6.54 Å². The summed E-state index contributed by atoms with van der Waals surface area (Å²) in [5.74, 6) is 1.83. The molecule has 2 rings (SSSR count). The molecule has 0 saturated heterocycles. The standard InChI is InChI=1S/C12H19NO/c1-4-13-11(14)12(3)8(2)9-5-6-10(12)7-9/h5-6,8-10H,4,7H2,1-3H3,(H,13,14). The van der Waals surface area contributed by atoms with E-state index in [1.807, 2.05) is 6.92 Å². The summed E-state index contributed by atoms with van der Waals surface area (Å²) in [7, 11) is 0. The highest BCUT2D eigenvalue weighted by atomic mass is 16.2. The Hall–Kier alpha value is -0.790. The first-order chi connectivity index (χ1) is 6.60. The van der Waals surface area contributed by atoms with Crippen molar-refractivity contribution in [3.8, 4) is 0 Å². The lowest BCUT2D eigenvalue weighted by Crippen LogP contribution is -2.45. The molecule has 1 saturated carbocycles. The van der Waals surface area contributed by atoms with Gasteiger partial charge in [-0.1, -0.05) is 19.1 Å². The molecule has 2 nitrogen and oxygen atoms in total. The molecule has 2 aliphatic carbocycles. The Morgan fingerprint density at radius 3 is 2.79 bits per heavy atom. The molecule has 1 fully saturated rings. The summed E-state index contributed by atoms with van der Waals surface area (Å²) in [6, 6.07) is 0. The number of rotatable bonds is 2. The van der Waals surface area contributed by atoms with Crippen LogP contribution in [0.1, 0.15) is 27.2 Å². The molecule has 0 spiro atoms. The number of allylic oxidation sites excluding steroid dienone is 2. The van der Waals surface area contributed by atoms with E-state index in [2.05, 4.69) is 31.3 Å². The van der Waals surface area contributed by atoms with Crippen molar-refractivity contribution in [1.29, 1.82) is 0 Å². The van der Waals surface area contributed by atoms with Crippen molar-refractivity contribution in [1.82, 2.24) is 5.32 Å². The maximum Gasteiger partial charge on any atom is 0.226 e. The third-order valence-electron chi connectivity index (χ3n) is 4.30. The Bertz CT molecular complexity index is 284. The van der Waals surface area contributed by atoms with Crippen LogP contribution in [-0.4, -0.2) is 12.5 Å². The van der Waals surface area contributed by atoms with Crippen molar-refractivity contribution in [3.05, 3.63) is 12.2 Å². The van der Waals surface area contributed by atoms with Crippen LogP contribution in [0.3, 0.4) is 0 Å². The lowest BCUT2D eigenvalue weighted by atomic mass is 9.70. The zero-order valence-corrected chi connectivity index (χ0v) is 9.21. The van der Waals surface area contributed by atoms with Gasteiger partial charge in [-0.2, -0.15) is 0 Å². The van der Waals surface area contributed by atoms with E-state index in [9.17, 15) is 4.79 Å². The van der Waals surface area contributed by atoms with Gasteiger partial charge >= 0.3 is 0 Å². The number of fused-ring (bicyclic) bond motifs is 2. The van der Waals surface area contributed by atoms with Gasteiger partial charge in [0.2, 0.25) is 5.91 Å². The summed E-state index contributed by atoms with van der Waals surface area (Å²) >= 11 is 0. The van der Waals surface area contributed by atoms with Crippen molar-refractivity contribution < 1.29 is 4.79 Å². The normalized spacial score (nSPS) is 44.4. The Morgan fingerprint density at radius 2 is 2.29 bits per heavy atom. The molecule has 0 aliphatic heterocycles. The van der Waals surface area contributed by atoms with Crippen molar-refractivity contribution in [2.24, 2.45) is 23.2 Å². The van der Waals surface area contributed by atoms with Gasteiger partial charge in [0.15, 0.2) is 0 Å². The molecule has 14 heavy (non-hydrogen) atoms. The molecule has 0 radical (unpaired) electrons. The van der Waals surface area contributed by atoms with Gasteiger partial charge in [0.25, 0.3) is 0 Å². The van der Waals surface area contributed by atoms with E-state index in [1.165, 1.54) is 6.42 Å². The van der Waals surface area contributed by atoms with E-state index in [-0.39, 0.29) is 11.3 Å². The minimum absolute atomic E-state index is 0.157. The van der Waals surface area contributed by atoms with Crippen LogP contribution in [0.4, 0.5) is 0 Å². The zero-order chi connectivity index (χ0) is 10.3. The highest BCUT2D eigenvalue weighted by Crippen LogP contribution is 2.55. The van der Waals surface area contributed by atoms with Crippen LogP contribution in [0.5, 0.6) is 0 Å². The van der Waals surface area contributed by atoms with Crippen LogP contribution in [-0.2, 0) is 4.79 Å². The molecule has 2 aliphatic rings. The zero-order valence-electron chi connectivity index (χ0n) is 9.21. The van der Waals surface area contributed by atoms with E-state index in [4.69, 9.17) is 0 Å². The lowest BCUT2D eigenvalue weighted by molar-refractivity contribution is -0.133. The van der Waals surface area contributed by atoms with Crippen LogP contribution in [0.25, 0.3) is 0 Å². The second-order valence-electron chi connectivity index (χ2n) is 4.82. The second kappa shape index (κ2) is 3.11. The minimum Gasteiger partial charge on any atom is -0.356 e. The SMILES string of the molecule is CCNC(=O)C1(C)C2C=CC(C2)C1C. The molecular formula is C12H19NO. The van der Waals surface area contributed by atoms with E-state index in [0.29, 0.717) is 17.8 Å². The van der Waals surface area contributed by atoms with E-state index < -0.39 is 0 Å². The third-order valence-corrected chi connectivity index (χ3v) is 4.30. The first-order valence-corrected chi connectivity index (χ1v) is 5.57. The number of nitrogens with one attached hydrogen (secondary N) is 1. The average Bonchev–Trinajstić information content (AvgIpc) is 2.71. The molecular weight excluding hydrogens is 174 g/mol. The topological polar surface area (TPSA) is 29.1 Å². The van der Waals surface area contributed by atoms with Crippen LogP contribution < -0.4 is 5.32 Å². The van der Waals surface area contributed by atoms with Gasteiger partial charge in [-0.25, -0.2) is 0 Å². The Labute approximate surface area is 85.8 Å². The average molecular weight is 193 g/mol. The van der Waals surface area contributed by atoms with Crippen molar-refractivity contribution in [2.75, 3.05) is 6.54 Å². The smallest absolute Gasteiger partial charge is 0.226 e. The molecule has 0 aromatic rings. The fraction of sp³-hybridized carbons (Fsp3) is 0.750. The van der Waals surface area contributed by atoms with E-state index in [1.54, 1.807) is 0 Å². The Morgan fingerprint density at radius 1 is 1.57 bits per heavy atom. The van der Waals surface area contributed by atoms with E-state index >= 15 is 0 Å². The van der Waals surface area contributed by atoms with Crippen LogP contribution in [0.15, 0.2) is 12.2 Å².